The van der Waals surface area contributed by atoms with Gasteiger partial charge in [-0.05, 0) is 25.0 Å². The summed E-state index contributed by atoms with van der Waals surface area (Å²) in [6.45, 7) is 6.20. The van der Waals surface area contributed by atoms with Crippen LogP contribution in [0.4, 0.5) is 5.69 Å². The smallest absolute Gasteiger partial charge is 0.311 e. The first-order chi connectivity index (χ1) is 11.3. The maximum atomic E-state index is 12.6. The number of nitro benzene ring substituents is 1. The maximum absolute atomic E-state index is 12.6. The zero-order chi connectivity index (χ0) is 18.3. The van der Waals surface area contributed by atoms with Crippen molar-refractivity contribution in [1.29, 1.82) is 0 Å². The molecule has 0 aliphatic rings. The number of carbonyl (C=O) groups excluding carboxylic acids is 1. The first-order valence-electron chi connectivity index (χ1n) is 7.68. The summed E-state index contributed by atoms with van der Waals surface area (Å²) in [5.74, 6) is -1.20. The predicted molar refractivity (Wildman–Crippen MR) is 87.3 cm³/mol. The third-order valence-corrected chi connectivity index (χ3v) is 3.17. The summed E-state index contributed by atoms with van der Waals surface area (Å²) in [6, 6.07) is 4.01. The van der Waals surface area contributed by atoms with Crippen molar-refractivity contribution in [2.45, 2.75) is 27.2 Å². The van der Waals surface area contributed by atoms with Gasteiger partial charge in [0.1, 0.15) is 0 Å². The molecule has 0 saturated heterocycles. The highest BCUT2D eigenvalue weighted by atomic mass is 16.6. The molecule has 0 bridgehead atoms. The van der Waals surface area contributed by atoms with Crippen LogP contribution in [0.5, 0.6) is 5.75 Å². The third kappa shape index (κ3) is 5.53. The van der Waals surface area contributed by atoms with Crippen LogP contribution < -0.4 is 4.74 Å². The molecule has 8 heteroatoms. The van der Waals surface area contributed by atoms with Crippen molar-refractivity contribution in [3.63, 3.8) is 0 Å². The number of hydrogen-bond donors (Lipinski definition) is 1. The molecule has 1 aromatic rings. The first-order valence-corrected chi connectivity index (χ1v) is 7.68. The van der Waals surface area contributed by atoms with Crippen LogP contribution in [0.25, 0.3) is 0 Å². The van der Waals surface area contributed by atoms with Crippen molar-refractivity contribution in [2.24, 2.45) is 5.92 Å². The molecule has 0 atom stereocenters. The van der Waals surface area contributed by atoms with Crippen LogP contribution in [0.2, 0.25) is 0 Å². The summed E-state index contributed by atoms with van der Waals surface area (Å²) >= 11 is 0. The fraction of sp³-hybridized carbons (Fsp3) is 0.500. The van der Waals surface area contributed by atoms with Gasteiger partial charge in [-0.3, -0.25) is 19.7 Å². The average molecular weight is 338 g/mol. The van der Waals surface area contributed by atoms with Crippen LogP contribution in [-0.4, -0.2) is 46.5 Å². The van der Waals surface area contributed by atoms with Gasteiger partial charge in [-0.15, -0.1) is 0 Å². The van der Waals surface area contributed by atoms with E-state index in [1.165, 1.54) is 23.1 Å². The quantitative estimate of drug-likeness (QED) is 0.547. The van der Waals surface area contributed by atoms with Gasteiger partial charge in [0, 0.05) is 24.7 Å². The Hall–Kier alpha value is -2.64. The third-order valence-electron chi connectivity index (χ3n) is 3.17. The lowest BCUT2D eigenvalue weighted by Gasteiger charge is -2.24. The van der Waals surface area contributed by atoms with Gasteiger partial charge in [0.25, 0.3) is 5.91 Å². The number of carboxylic acids is 1. The van der Waals surface area contributed by atoms with E-state index in [1.54, 1.807) is 6.92 Å². The minimum atomic E-state index is -1.01. The Labute approximate surface area is 140 Å². The Kier molecular flexibility index (Phi) is 7.16. The molecule has 8 nitrogen and oxygen atoms in total. The van der Waals surface area contributed by atoms with Crippen LogP contribution in [0.3, 0.4) is 0 Å². The van der Waals surface area contributed by atoms with E-state index in [-0.39, 0.29) is 42.5 Å². The van der Waals surface area contributed by atoms with Gasteiger partial charge in [0.05, 0.1) is 18.0 Å². The van der Waals surface area contributed by atoms with E-state index >= 15 is 0 Å². The molecular weight excluding hydrogens is 316 g/mol. The predicted octanol–water partition coefficient (Wildman–Crippen LogP) is 2.57. The number of hydrogen-bond acceptors (Lipinski definition) is 5. The van der Waals surface area contributed by atoms with Crippen LogP contribution in [-0.2, 0) is 4.79 Å². The molecule has 0 heterocycles. The Morgan fingerprint density at radius 3 is 2.54 bits per heavy atom. The van der Waals surface area contributed by atoms with Crippen LogP contribution in [0.1, 0.15) is 37.6 Å². The molecule has 0 radical (unpaired) electrons. The first kappa shape index (κ1) is 19.4. The van der Waals surface area contributed by atoms with E-state index in [4.69, 9.17) is 9.84 Å². The lowest BCUT2D eigenvalue weighted by molar-refractivity contribution is -0.385. The molecule has 0 aliphatic heterocycles. The summed E-state index contributed by atoms with van der Waals surface area (Å²) in [6.07, 6.45) is -0.183. The number of carbonyl (C=O) groups is 2. The summed E-state index contributed by atoms with van der Waals surface area (Å²) in [5, 5.41) is 20.0. The number of nitrogens with zero attached hydrogens (tertiary/aromatic N) is 2. The second-order valence-corrected chi connectivity index (χ2v) is 5.66. The zero-order valence-electron chi connectivity index (χ0n) is 14.0. The lowest BCUT2D eigenvalue weighted by atomic mass is 10.1. The zero-order valence-corrected chi connectivity index (χ0v) is 14.0. The molecule has 1 rings (SSSR count). The molecule has 0 aromatic heterocycles. The van der Waals surface area contributed by atoms with E-state index in [1.807, 2.05) is 13.8 Å². The van der Waals surface area contributed by atoms with E-state index < -0.39 is 16.8 Å². The fourth-order valence-corrected chi connectivity index (χ4v) is 2.20. The van der Waals surface area contributed by atoms with Gasteiger partial charge in [0.2, 0.25) is 0 Å². The lowest BCUT2D eigenvalue weighted by Crippen LogP contribution is -2.36. The van der Waals surface area contributed by atoms with Crippen LogP contribution in [0.15, 0.2) is 18.2 Å². The number of amides is 1. The van der Waals surface area contributed by atoms with Crippen molar-refractivity contribution >= 4 is 17.6 Å². The molecule has 0 aliphatic carbocycles. The van der Waals surface area contributed by atoms with Crippen LogP contribution in [0, 0.1) is 16.0 Å². The second-order valence-electron chi connectivity index (χ2n) is 5.66. The maximum Gasteiger partial charge on any atom is 0.311 e. The van der Waals surface area contributed by atoms with Gasteiger partial charge in [-0.2, -0.15) is 0 Å². The Balaban J connectivity index is 3.10. The summed E-state index contributed by atoms with van der Waals surface area (Å²) in [7, 11) is 0. The molecular formula is C16H22N2O6. The molecule has 0 spiro atoms. The van der Waals surface area contributed by atoms with Gasteiger partial charge >= 0.3 is 11.7 Å². The van der Waals surface area contributed by atoms with E-state index in [2.05, 4.69) is 0 Å². The van der Waals surface area contributed by atoms with Gasteiger partial charge in [-0.25, -0.2) is 0 Å². The minimum absolute atomic E-state index is 0.0490. The molecule has 1 N–H and O–H groups in total. The van der Waals surface area contributed by atoms with Crippen molar-refractivity contribution in [1.82, 2.24) is 4.90 Å². The molecule has 1 aromatic carbocycles. The summed E-state index contributed by atoms with van der Waals surface area (Å²) in [5.41, 5.74) is -0.151. The molecule has 0 unspecified atom stereocenters. The highest BCUT2D eigenvalue weighted by molar-refractivity contribution is 5.95. The SMILES string of the molecule is CCOc1ccc(C(=O)N(CCC(=O)O)CC(C)C)cc1[N+](=O)[O-]. The standard InChI is InChI=1S/C16H22N2O6/c1-4-24-14-6-5-12(9-13(14)18(22)23)16(21)17(10-11(2)3)8-7-15(19)20/h5-6,9,11H,4,7-8,10H2,1-3H3,(H,19,20). The molecule has 0 saturated carbocycles. The van der Waals surface area contributed by atoms with E-state index in [9.17, 15) is 19.7 Å². The van der Waals surface area contributed by atoms with Gasteiger partial charge < -0.3 is 14.7 Å². The summed E-state index contributed by atoms with van der Waals surface area (Å²) < 4.78 is 5.19. The molecule has 132 valence electrons. The van der Waals surface area contributed by atoms with Crippen LogP contribution >= 0.6 is 0 Å². The van der Waals surface area contributed by atoms with E-state index in [0.717, 1.165) is 0 Å². The number of nitro groups is 1. The van der Waals surface area contributed by atoms with Crippen molar-refractivity contribution in [3.05, 3.63) is 33.9 Å². The van der Waals surface area contributed by atoms with Crippen molar-refractivity contribution < 1.29 is 24.4 Å². The largest absolute Gasteiger partial charge is 0.487 e. The fourth-order valence-electron chi connectivity index (χ4n) is 2.20. The minimum Gasteiger partial charge on any atom is -0.487 e. The van der Waals surface area contributed by atoms with Crippen molar-refractivity contribution in [2.75, 3.05) is 19.7 Å². The number of ether oxygens (including phenoxy) is 1. The normalized spacial score (nSPS) is 10.5. The van der Waals surface area contributed by atoms with Gasteiger partial charge in [-0.1, -0.05) is 13.8 Å². The highest BCUT2D eigenvalue weighted by Crippen LogP contribution is 2.28. The molecule has 0 fully saturated rings. The Bertz CT molecular complexity index is 615. The Morgan fingerprint density at radius 2 is 2.04 bits per heavy atom. The molecule has 24 heavy (non-hydrogen) atoms. The number of aliphatic carboxylic acids is 1. The molecule has 1 amide bonds. The number of carboxylic acid groups (broad SMARTS) is 1. The monoisotopic (exact) mass is 338 g/mol. The van der Waals surface area contributed by atoms with E-state index in [0.29, 0.717) is 6.54 Å². The van der Waals surface area contributed by atoms with Crippen molar-refractivity contribution in [3.8, 4) is 5.75 Å². The summed E-state index contributed by atoms with van der Waals surface area (Å²) in [4.78, 5) is 35.3. The number of benzene rings is 1. The Morgan fingerprint density at radius 1 is 1.38 bits per heavy atom. The topological polar surface area (TPSA) is 110 Å². The average Bonchev–Trinajstić information content (AvgIpc) is 2.50. The van der Waals surface area contributed by atoms with Gasteiger partial charge in [0.15, 0.2) is 5.75 Å². The second kappa shape index (κ2) is 8.85. The highest BCUT2D eigenvalue weighted by Gasteiger charge is 2.23. The number of rotatable bonds is 9.